The van der Waals surface area contributed by atoms with Gasteiger partial charge in [-0.3, -0.25) is 4.79 Å². The molecular formula is C11H18N2O2. The van der Waals surface area contributed by atoms with Gasteiger partial charge in [0.05, 0.1) is 12.6 Å². The smallest absolute Gasteiger partial charge is 0.240 e. The summed E-state index contributed by atoms with van der Waals surface area (Å²) in [5.74, 6) is 2.25. The third-order valence-electron chi connectivity index (χ3n) is 2.79. The molecule has 1 atom stereocenters. The van der Waals surface area contributed by atoms with Crippen molar-refractivity contribution in [3.05, 3.63) is 0 Å². The molecule has 0 aliphatic heterocycles. The molecule has 0 aromatic rings. The molecule has 1 amide bonds. The zero-order valence-electron chi connectivity index (χ0n) is 8.85. The molecule has 1 fully saturated rings. The number of carbonyl (C=O) groups is 1. The lowest BCUT2D eigenvalue weighted by Gasteiger charge is -2.38. The van der Waals surface area contributed by atoms with E-state index in [4.69, 9.17) is 17.3 Å². The van der Waals surface area contributed by atoms with Crippen LogP contribution in [0.4, 0.5) is 0 Å². The summed E-state index contributed by atoms with van der Waals surface area (Å²) in [5, 5.41) is 8.89. The lowest BCUT2D eigenvalue weighted by molar-refractivity contribution is -0.137. The van der Waals surface area contributed by atoms with Gasteiger partial charge in [-0.2, -0.15) is 0 Å². The molecule has 4 nitrogen and oxygen atoms in total. The van der Waals surface area contributed by atoms with Crippen LogP contribution in [-0.4, -0.2) is 41.1 Å². The van der Waals surface area contributed by atoms with E-state index in [9.17, 15) is 4.79 Å². The van der Waals surface area contributed by atoms with E-state index in [0.717, 1.165) is 19.3 Å². The summed E-state index contributed by atoms with van der Waals surface area (Å²) >= 11 is 0. The SMILES string of the molecule is C#CCC(N)C(=O)N(CCO)C1CCC1. The van der Waals surface area contributed by atoms with Crippen LogP contribution in [0.2, 0.25) is 0 Å². The average molecular weight is 210 g/mol. The first-order valence-corrected chi connectivity index (χ1v) is 5.31. The summed E-state index contributed by atoms with van der Waals surface area (Å²) in [7, 11) is 0. The Kier molecular flexibility index (Phi) is 4.60. The maximum absolute atomic E-state index is 11.9. The van der Waals surface area contributed by atoms with Crippen LogP contribution >= 0.6 is 0 Å². The zero-order valence-corrected chi connectivity index (χ0v) is 8.85. The molecule has 0 saturated heterocycles. The van der Waals surface area contributed by atoms with Crippen molar-refractivity contribution in [1.29, 1.82) is 0 Å². The van der Waals surface area contributed by atoms with Crippen LogP contribution < -0.4 is 5.73 Å². The summed E-state index contributed by atoms with van der Waals surface area (Å²) in [4.78, 5) is 13.5. The number of amides is 1. The Hall–Kier alpha value is -1.05. The Bertz CT molecular complexity index is 256. The van der Waals surface area contributed by atoms with E-state index in [-0.39, 0.29) is 25.0 Å². The number of rotatable bonds is 5. The van der Waals surface area contributed by atoms with Crippen LogP contribution in [-0.2, 0) is 4.79 Å². The molecule has 15 heavy (non-hydrogen) atoms. The Morgan fingerprint density at radius 3 is 2.73 bits per heavy atom. The Morgan fingerprint density at radius 1 is 1.67 bits per heavy atom. The Labute approximate surface area is 90.4 Å². The highest BCUT2D eigenvalue weighted by Gasteiger charge is 2.30. The van der Waals surface area contributed by atoms with E-state index in [0.29, 0.717) is 6.54 Å². The minimum Gasteiger partial charge on any atom is -0.395 e. The second-order valence-corrected chi connectivity index (χ2v) is 3.85. The molecule has 0 radical (unpaired) electrons. The van der Waals surface area contributed by atoms with Crippen LogP contribution in [0.15, 0.2) is 0 Å². The van der Waals surface area contributed by atoms with E-state index in [2.05, 4.69) is 5.92 Å². The van der Waals surface area contributed by atoms with E-state index >= 15 is 0 Å². The van der Waals surface area contributed by atoms with Gasteiger partial charge in [0.2, 0.25) is 5.91 Å². The second-order valence-electron chi connectivity index (χ2n) is 3.85. The summed E-state index contributed by atoms with van der Waals surface area (Å²) < 4.78 is 0. The zero-order chi connectivity index (χ0) is 11.3. The van der Waals surface area contributed by atoms with Crippen molar-refractivity contribution < 1.29 is 9.90 Å². The molecule has 1 aliphatic carbocycles. The Balaban J connectivity index is 2.54. The molecule has 3 N–H and O–H groups in total. The second kappa shape index (κ2) is 5.74. The summed E-state index contributed by atoms with van der Waals surface area (Å²) in [6.07, 6.45) is 8.53. The maximum Gasteiger partial charge on any atom is 0.240 e. The van der Waals surface area contributed by atoms with Crippen molar-refractivity contribution in [3.63, 3.8) is 0 Å². The van der Waals surface area contributed by atoms with Gasteiger partial charge in [-0.25, -0.2) is 0 Å². The fourth-order valence-electron chi connectivity index (χ4n) is 1.71. The third kappa shape index (κ3) is 2.95. The topological polar surface area (TPSA) is 66.6 Å². The number of nitrogens with two attached hydrogens (primary N) is 1. The monoisotopic (exact) mass is 210 g/mol. The van der Waals surface area contributed by atoms with Gasteiger partial charge in [-0.1, -0.05) is 0 Å². The summed E-state index contributed by atoms with van der Waals surface area (Å²) in [6.45, 7) is 0.340. The number of terminal acetylenes is 1. The summed E-state index contributed by atoms with van der Waals surface area (Å²) in [5.41, 5.74) is 5.66. The highest BCUT2D eigenvalue weighted by Crippen LogP contribution is 2.25. The fraction of sp³-hybridized carbons (Fsp3) is 0.727. The fourth-order valence-corrected chi connectivity index (χ4v) is 1.71. The first kappa shape index (κ1) is 12.0. The molecule has 1 rings (SSSR count). The van der Waals surface area contributed by atoms with Gasteiger partial charge < -0.3 is 15.7 Å². The third-order valence-corrected chi connectivity index (χ3v) is 2.79. The number of aliphatic hydroxyl groups excluding tert-OH is 1. The molecule has 84 valence electrons. The van der Waals surface area contributed by atoms with Crippen LogP contribution in [0.5, 0.6) is 0 Å². The molecule has 1 saturated carbocycles. The molecule has 0 aromatic carbocycles. The number of aliphatic hydroxyl groups is 1. The Morgan fingerprint density at radius 2 is 2.33 bits per heavy atom. The van der Waals surface area contributed by atoms with E-state index < -0.39 is 6.04 Å². The van der Waals surface area contributed by atoms with E-state index in [1.54, 1.807) is 4.90 Å². The van der Waals surface area contributed by atoms with Crippen molar-refractivity contribution in [1.82, 2.24) is 4.90 Å². The predicted molar refractivity (Wildman–Crippen MR) is 57.9 cm³/mol. The number of hydrogen-bond acceptors (Lipinski definition) is 3. The molecule has 0 bridgehead atoms. The molecule has 0 heterocycles. The summed E-state index contributed by atoms with van der Waals surface area (Å²) in [6, 6.07) is -0.365. The largest absolute Gasteiger partial charge is 0.395 e. The van der Waals surface area contributed by atoms with Crippen LogP contribution in [0.3, 0.4) is 0 Å². The predicted octanol–water partition coefficient (Wildman–Crippen LogP) is -0.290. The lowest BCUT2D eigenvalue weighted by Crippen LogP contribution is -2.51. The molecule has 4 heteroatoms. The van der Waals surface area contributed by atoms with Crippen LogP contribution in [0.1, 0.15) is 25.7 Å². The van der Waals surface area contributed by atoms with Crippen LogP contribution in [0.25, 0.3) is 0 Å². The minimum atomic E-state index is -0.623. The van der Waals surface area contributed by atoms with E-state index in [1.807, 2.05) is 0 Å². The van der Waals surface area contributed by atoms with Gasteiger partial charge in [-0.05, 0) is 19.3 Å². The molecular weight excluding hydrogens is 192 g/mol. The van der Waals surface area contributed by atoms with Gasteiger partial charge in [0.15, 0.2) is 0 Å². The van der Waals surface area contributed by atoms with Crippen molar-refractivity contribution in [3.8, 4) is 12.3 Å². The first-order chi connectivity index (χ1) is 7.20. The van der Waals surface area contributed by atoms with Gasteiger partial charge in [0, 0.05) is 19.0 Å². The number of hydrogen-bond donors (Lipinski definition) is 2. The average Bonchev–Trinajstić information content (AvgIpc) is 2.13. The van der Waals surface area contributed by atoms with Crippen LogP contribution in [0, 0.1) is 12.3 Å². The van der Waals surface area contributed by atoms with Gasteiger partial charge >= 0.3 is 0 Å². The molecule has 1 aliphatic rings. The minimum absolute atomic E-state index is 0.0228. The lowest BCUT2D eigenvalue weighted by atomic mass is 9.91. The van der Waals surface area contributed by atoms with Crippen molar-refractivity contribution in [2.75, 3.05) is 13.2 Å². The van der Waals surface area contributed by atoms with Crippen molar-refractivity contribution in [2.24, 2.45) is 5.73 Å². The normalized spacial score (nSPS) is 17.7. The highest BCUT2D eigenvalue weighted by molar-refractivity contribution is 5.82. The molecule has 1 unspecified atom stereocenters. The van der Waals surface area contributed by atoms with Crippen molar-refractivity contribution in [2.45, 2.75) is 37.8 Å². The van der Waals surface area contributed by atoms with Gasteiger partial charge in [0.25, 0.3) is 0 Å². The number of carbonyl (C=O) groups excluding carboxylic acids is 1. The number of nitrogens with zero attached hydrogens (tertiary/aromatic N) is 1. The standard InChI is InChI=1S/C11H18N2O2/c1-2-4-10(12)11(15)13(7-8-14)9-5-3-6-9/h1,9-10,14H,3-8,12H2. The van der Waals surface area contributed by atoms with Crippen molar-refractivity contribution >= 4 is 5.91 Å². The maximum atomic E-state index is 11.9. The molecule has 0 aromatic heterocycles. The van der Waals surface area contributed by atoms with Gasteiger partial charge in [-0.15, -0.1) is 12.3 Å². The molecule has 0 spiro atoms. The quantitative estimate of drug-likeness (QED) is 0.613. The first-order valence-electron chi connectivity index (χ1n) is 5.31. The van der Waals surface area contributed by atoms with Gasteiger partial charge in [0.1, 0.15) is 0 Å². The highest BCUT2D eigenvalue weighted by atomic mass is 16.3. The van der Waals surface area contributed by atoms with E-state index in [1.165, 1.54) is 0 Å².